The molecule has 1 aliphatic rings. The molecule has 0 fully saturated rings. The Morgan fingerprint density at radius 2 is 2.06 bits per heavy atom. The van der Waals surface area contributed by atoms with Gasteiger partial charge >= 0.3 is 0 Å². The van der Waals surface area contributed by atoms with Gasteiger partial charge in [0.15, 0.2) is 5.78 Å². The van der Waals surface area contributed by atoms with Crippen LogP contribution in [0.2, 0.25) is 0 Å². The number of aliphatic imine (C=N–C) groups is 1. The maximum absolute atomic E-state index is 12.5. The van der Waals surface area contributed by atoms with Crippen molar-refractivity contribution in [2.45, 2.75) is 13.8 Å². The normalized spacial score (nSPS) is 12.9. The van der Waals surface area contributed by atoms with Crippen molar-refractivity contribution in [3.63, 3.8) is 0 Å². The molecule has 3 aromatic rings. The molecule has 1 aliphatic heterocycles. The molecule has 0 amide bonds. The van der Waals surface area contributed by atoms with Gasteiger partial charge in [0, 0.05) is 35.8 Å². The lowest BCUT2D eigenvalue weighted by Crippen LogP contribution is -2.25. The molecule has 0 saturated carbocycles. The maximum Gasteiger partial charge on any atom is 0.237 e. The monoisotopic (exact) mass is 413 g/mol. The topological polar surface area (TPSA) is 86.9 Å². The van der Waals surface area contributed by atoms with Crippen molar-refractivity contribution in [3.05, 3.63) is 64.6 Å². The lowest BCUT2D eigenvalue weighted by atomic mass is 9.88. The van der Waals surface area contributed by atoms with Gasteiger partial charge in [-0.05, 0) is 37.1 Å². The average Bonchev–Trinajstić information content (AvgIpc) is 3.15. The highest BCUT2D eigenvalue weighted by atomic mass is 16.5. The molecule has 2 aromatic carbocycles. The van der Waals surface area contributed by atoms with Crippen LogP contribution in [0.5, 0.6) is 5.75 Å². The van der Waals surface area contributed by atoms with Gasteiger partial charge in [-0.1, -0.05) is 18.2 Å². The highest BCUT2D eigenvalue weighted by Crippen LogP contribution is 2.42. The quantitative estimate of drug-likeness (QED) is 0.642. The first-order valence-corrected chi connectivity index (χ1v) is 10.1. The number of benzene rings is 2. The van der Waals surface area contributed by atoms with Crippen molar-refractivity contribution in [1.29, 1.82) is 0 Å². The minimum absolute atomic E-state index is 0.00219. The fraction of sp³-hybridized carbons (Fsp3) is 0.250. The number of aryl methyl sites for hydroxylation is 2. The zero-order valence-corrected chi connectivity index (χ0v) is 17.8. The SMILES string of the molecule is [C-]#[N+]c1c(OCC)cccc1-c1c(-c2cc(C)c3c(c2)C(CN)=NCC3=O)cnn1C. The van der Waals surface area contributed by atoms with Crippen LogP contribution in [0, 0.1) is 13.5 Å². The molecule has 7 nitrogen and oxygen atoms in total. The number of hydrogen-bond donors (Lipinski definition) is 1. The van der Waals surface area contributed by atoms with E-state index in [0.717, 1.165) is 39.2 Å². The number of para-hydroxylation sites is 1. The number of aromatic nitrogens is 2. The second kappa shape index (κ2) is 8.17. The van der Waals surface area contributed by atoms with E-state index in [0.29, 0.717) is 23.6 Å². The van der Waals surface area contributed by atoms with Crippen LogP contribution >= 0.6 is 0 Å². The summed E-state index contributed by atoms with van der Waals surface area (Å²) in [5.41, 5.74) is 12.7. The number of nitrogens with two attached hydrogens (primary N) is 1. The zero-order valence-electron chi connectivity index (χ0n) is 17.8. The van der Waals surface area contributed by atoms with Crippen molar-refractivity contribution in [2.24, 2.45) is 17.8 Å². The number of Topliss-reactive ketones (excluding diaryl/α,β-unsaturated/α-hetero) is 1. The van der Waals surface area contributed by atoms with E-state index in [9.17, 15) is 4.79 Å². The summed E-state index contributed by atoms with van der Waals surface area (Å²) >= 11 is 0. The van der Waals surface area contributed by atoms with Crippen LogP contribution in [0.15, 0.2) is 41.5 Å². The molecule has 0 unspecified atom stereocenters. The minimum Gasteiger partial charge on any atom is -0.505 e. The van der Waals surface area contributed by atoms with Crippen LogP contribution in [-0.4, -0.2) is 41.0 Å². The number of fused-ring (bicyclic) bond motifs is 1. The van der Waals surface area contributed by atoms with E-state index in [-0.39, 0.29) is 18.9 Å². The summed E-state index contributed by atoms with van der Waals surface area (Å²) in [4.78, 5) is 20.6. The van der Waals surface area contributed by atoms with Crippen molar-refractivity contribution >= 4 is 17.2 Å². The fourth-order valence-electron chi connectivity index (χ4n) is 4.12. The van der Waals surface area contributed by atoms with Gasteiger partial charge in [-0.2, -0.15) is 5.10 Å². The first-order chi connectivity index (χ1) is 15.0. The van der Waals surface area contributed by atoms with Gasteiger partial charge in [-0.3, -0.25) is 14.5 Å². The van der Waals surface area contributed by atoms with E-state index >= 15 is 0 Å². The van der Waals surface area contributed by atoms with Crippen molar-refractivity contribution in [1.82, 2.24) is 9.78 Å². The Morgan fingerprint density at radius 1 is 1.26 bits per heavy atom. The Morgan fingerprint density at radius 3 is 2.77 bits per heavy atom. The number of nitrogens with zero attached hydrogens (tertiary/aromatic N) is 4. The van der Waals surface area contributed by atoms with E-state index in [1.165, 1.54) is 0 Å². The van der Waals surface area contributed by atoms with Gasteiger partial charge in [-0.15, -0.1) is 0 Å². The van der Waals surface area contributed by atoms with E-state index in [2.05, 4.69) is 14.9 Å². The Hall–Kier alpha value is -3.76. The lowest BCUT2D eigenvalue weighted by Gasteiger charge is -2.19. The first-order valence-electron chi connectivity index (χ1n) is 10.1. The van der Waals surface area contributed by atoms with Gasteiger partial charge in [0.25, 0.3) is 0 Å². The molecule has 2 heterocycles. The summed E-state index contributed by atoms with van der Waals surface area (Å²) in [6.45, 7) is 12.4. The third-order valence-electron chi connectivity index (χ3n) is 5.45. The number of rotatable bonds is 5. The third-order valence-corrected chi connectivity index (χ3v) is 5.45. The van der Waals surface area contributed by atoms with Gasteiger partial charge in [-0.25, -0.2) is 4.85 Å². The molecule has 0 bridgehead atoms. The molecule has 156 valence electrons. The molecule has 0 radical (unpaired) electrons. The van der Waals surface area contributed by atoms with E-state index in [1.54, 1.807) is 16.9 Å². The molecule has 0 saturated heterocycles. The highest BCUT2D eigenvalue weighted by molar-refractivity contribution is 6.17. The molecule has 31 heavy (non-hydrogen) atoms. The molecule has 1 aromatic heterocycles. The summed E-state index contributed by atoms with van der Waals surface area (Å²) in [7, 11) is 1.85. The summed E-state index contributed by atoms with van der Waals surface area (Å²) in [5, 5.41) is 4.47. The molecule has 0 spiro atoms. The van der Waals surface area contributed by atoms with Crippen LogP contribution in [0.3, 0.4) is 0 Å². The largest absolute Gasteiger partial charge is 0.505 e. The van der Waals surface area contributed by atoms with Crippen molar-refractivity contribution in [2.75, 3.05) is 19.7 Å². The Bertz CT molecular complexity index is 1260. The number of hydrogen-bond acceptors (Lipinski definition) is 5. The van der Waals surface area contributed by atoms with Crippen LogP contribution in [0.25, 0.3) is 27.2 Å². The van der Waals surface area contributed by atoms with Crippen LogP contribution in [0.4, 0.5) is 5.69 Å². The molecule has 0 aliphatic carbocycles. The van der Waals surface area contributed by atoms with Gasteiger partial charge in [0.2, 0.25) is 5.69 Å². The summed E-state index contributed by atoms with van der Waals surface area (Å²) in [6, 6.07) is 9.52. The zero-order chi connectivity index (χ0) is 22.1. The Labute approximate surface area is 181 Å². The number of ether oxygens (including phenoxy) is 1. The van der Waals surface area contributed by atoms with Crippen molar-refractivity contribution in [3.8, 4) is 28.1 Å². The Kier molecular flexibility index (Phi) is 5.40. The number of carbonyl (C=O) groups is 1. The summed E-state index contributed by atoms with van der Waals surface area (Å²) in [5.74, 6) is 0.550. The van der Waals surface area contributed by atoms with Crippen LogP contribution in [0.1, 0.15) is 28.4 Å². The number of ketones is 1. The second-order valence-corrected chi connectivity index (χ2v) is 7.33. The van der Waals surface area contributed by atoms with Crippen molar-refractivity contribution < 1.29 is 9.53 Å². The maximum atomic E-state index is 12.5. The van der Waals surface area contributed by atoms with Crippen LogP contribution in [-0.2, 0) is 7.05 Å². The van der Waals surface area contributed by atoms with E-state index in [4.69, 9.17) is 17.0 Å². The fourth-order valence-corrected chi connectivity index (χ4v) is 4.12. The lowest BCUT2D eigenvalue weighted by molar-refractivity contribution is 0.0999. The van der Waals surface area contributed by atoms with Crippen LogP contribution < -0.4 is 10.5 Å². The van der Waals surface area contributed by atoms with E-state index < -0.39 is 0 Å². The predicted molar refractivity (Wildman–Crippen MR) is 121 cm³/mol. The average molecular weight is 413 g/mol. The summed E-state index contributed by atoms with van der Waals surface area (Å²) < 4.78 is 7.43. The smallest absolute Gasteiger partial charge is 0.237 e. The third kappa shape index (κ3) is 3.41. The minimum atomic E-state index is 0.00219. The van der Waals surface area contributed by atoms with Gasteiger partial charge in [0.1, 0.15) is 12.3 Å². The second-order valence-electron chi connectivity index (χ2n) is 7.33. The predicted octanol–water partition coefficient (Wildman–Crippen LogP) is 3.96. The standard InChI is InChI=1S/C24H23N5O2/c1-5-31-21-8-6-7-16(23(21)26-3)24-18(12-28-29(24)4)15-9-14(2)22-17(10-15)19(11-25)27-13-20(22)30/h6-10,12H,5,11,13,25H2,1-2,4H3. The summed E-state index contributed by atoms with van der Waals surface area (Å²) in [6.07, 6.45) is 1.78. The molecular formula is C24H23N5O2. The molecule has 2 N–H and O–H groups in total. The highest BCUT2D eigenvalue weighted by Gasteiger charge is 2.25. The van der Waals surface area contributed by atoms with E-state index in [1.807, 2.05) is 45.2 Å². The van der Waals surface area contributed by atoms with Gasteiger partial charge in [0.05, 0.1) is 30.8 Å². The van der Waals surface area contributed by atoms with Gasteiger partial charge < -0.3 is 10.5 Å². The molecule has 7 heteroatoms. The molecule has 4 rings (SSSR count). The number of carbonyl (C=O) groups excluding carboxylic acids is 1. The Balaban J connectivity index is 1.95. The molecular weight excluding hydrogens is 390 g/mol. The first kappa shape index (κ1) is 20.5. The molecule has 0 atom stereocenters.